The molecule has 0 radical (unpaired) electrons. The number of aromatic nitrogens is 1. The van der Waals surface area contributed by atoms with Crippen LogP contribution in [0.5, 0.6) is 0 Å². The molecule has 0 aliphatic rings. The highest BCUT2D eigenvalue weighted by Crippen LogP contribution is 2.23. The Morgan fingerprint density at radius 1 is 1.33 bits per heavy atom. The van der Waals surface area contributed by atoms with Crippen LogP contribution in [0.3, 0.4) is 0 Å². The predicted octanol–water partition coefficient (Wildman–Crippen LogP) is 2.24. The van der Waals surface area contributed by atoms with E-state index in [1.165, 1.54) is 22.2 Å². The van der Waals surface area contributed by atoms with E-state index < -0.39 is 0 Å². The average Bonchev–Trinajstić information content (AvgIpc) is 2.57. The van der Waals surface area contributed by atoms with Crippen LogP contribution >= 0.6 is 0 Å². The molecule has 0 fully saturated rings. The van der Waals surface area contributed by atoms with Crippen molar-refractivity contribution in [1.29, 1.82) is 0 Å². The molecule has 0 saturated carbocycles. The molecule has 1 aromatic heterocycles. The Hall–Kier alpha value is -1.28. The standard InChI is InChI=1S/C13H18N2/c1-3-10-5-4-6-13-12(10)9-11(7-8-14)15(13)2/h4-6,9H,3,7-8,14H2,1-2H3. The van der Waals surface area contributed by atoms with E-state index in [1.807, 2.05) is 0 Å². The summed E-state index contributed by atoms with van der Waals surface area (Å²) in [5.74, 6) is 0. The van der Waals surface area contributed by atoms with Crippen molar-refractivity contribution in [3.8, 4) is 0 Å². The van der Waals surface area contributed by atoms with E-state index in [9.17, 15) is 0 Å². The summed E-state index contributed by atoms with van der Waals surface area (Å²) >= 11 is 0. The minimum absolute atomic E-state index is 0.714. The molecule has 0 amide bonds. The molecule has 2 nitrogen and oxygen atoms in total. The lowest BCUT2D eigenvalue weighted by Crippen LogP contribution is -2.06. The van der Waals surface area contributed by atoms with E-state index in [1.54, 1.807) is 0 Å². The Morgan fingerprint density at radius 2 is 2.13 bits per heavy atom. The second-order valence-corrected chi connectivity index (χ2v) is 3.94. The van der Waals surface area contributed by atoms with Crippen LogP contribution in [0.2, 0.25) is 0 Å². The van der Waals surface area contributed by atoms with Crippen LogP contribution in [-0.2, 0) is 19.9 Å². The molecule has 0 atom stereocenters. The lowest BCUT2D eigenvalue weighted by Gasteiger charge is -2.02. The first kappa shape index (κ1) is 10.2. The second-order valence-electron chi connectivity index (χ2n) is 3.94. The van der Waals surface area contributed by atoms with Gasteiger partial charge in [0.05, 0.1) is 0 Å². The number of aryl methyl sites for hydroxylation is 2. The molecule has 0 aliphatic heterocycles. The highest BCUT2D eigenvalue weighted by atomic mass is 14.9. The second kappa shape index (κ2) is 4.07. The topological polar surface area (TPSA) is 30.9 Å². The zero-order valence-electron chi connectivity index (χ0n) is 9.46. The maximum absolute atomic E-state index is 5.61. The Balaban J connectivity index is 2.64. The van der Waals surface area contributed by atoms with E-state index in [0.29, 0.717) is 6.54 Å². The summed E-state index contributed by atoms with van der Waals surface area (Å²) in [5.41, 5.74) is 9.68. The largest absolute Gasteiger partial charge is 0.348 e. The SMILES string of the molecule is CCc1cccc2c1cc(CCN)n2C. The van der Waals surface area contributed by atoms with Crippen LogP contribution in [0.1, 0.15) is 18.2 Å². The lowest BCUT2D eigenvalue weighted by molar-refractivity contribution is 0.827. The fraction of sp³-hybridized carbons (Fsp3) is 0.385. The van der Waals surface area contributed by atoms with Crippen molar-refractivity contribution in [1.82, 2.24) is 4.57 Å². The highest BCUT2D eigenvalue weighted by molar-refractivity contribution is 5.84. The van der Waals surface area contributed by atoms with E-state index in [4.69, 9.17) is 5.73 Å². The van der Waals surface area contributed by atoms with Gasteiger partial charge in [0.2, 0.25) is 0 Å². The Labute approximate surface area is 90.7 Å². The summed E-state index contributed by atoms with van der Waals surface area (Å²) in [6.07, 6.45) is 2.04. The molecule has 80 valence electrons. The first-order valence-electron chi connectivity index (χ1n) is 5.54. The zero-order chi connectivity index (χ0) is 10.8. The minimum Gasteiger partial charge on any atom is -0.348 e. The quantitative estimate of drug-likeness (QED) is 0.813. The van der Waals surface area contributed by atoms with Crippen molar-refractivity contribution in [2.75, 3.05) is 6.54 Å². The number of hydrogen-bond acceptors (Lipinski definition) is 1. The molecule has 15 heavy (non-hydrogen) atoms. The molecule has 2 N–H and O–H groups in total. The molecule has 1 heterocycles. The van der Waals surface area contributed by atoms with E-state index >= 15 is 0 Å². The third kappa shape index (κ3) is 1.65. The Bertz CT molecular complexity index is 469. The van der Waals surface area contributed by atoms with Gasteiger partial charge in [0.15, 0.2) is 0 Å². The molecule has 2 rings (SSSR count). The van der Waals surface area contributed by atoms with Gasteiger partial charge in [-0.05, 0) is 37.1 Å². The van der Waals surface area contributed by atoms with Gasteiger partial charge in [-0.15, -0.1) is 0 Å². The van der Waals surface area contributed by atoms with Gasteiger partial charge >= 0.3 is 0 Å². The summed E-state index contributed by atoms with van der Waals surface area (Å²) in [4.78, 5) is 0. The third-order valence-corrected chi connectivity index (χ3v) is 3.06. The van der Waals surface area contributed by atoms with Gasteiger partial charge in [0.25, 0.3) is 0 Å². The molecule has 0 saturated heterocycles. The van der Waals surface area contributed by atoms with Crippen LogP contribution in [0, 0.1) is 0 Å². The fourth-order valence-electron chi connectivity index (χ4n) is 2.17. The maximum atomic E-state index is 5.61. The molecule has 2 heteroatoms. The number of hydrogen-bond donors (Lipinski definition) is 1. The number of nitrogens with zero attached hydrogens (tertiary/aromatic N) is 1. The number of fused-ring (bicyclic) bond motifs is 1. The Kier molecular flexibility index (Phi) is 2.78. The highest BCUT2D eigenvalue weighted by Gasteiger charge is 2.07. The van der Waals surface area contributed by atoms with Crippen molar-refractivity contribution < 1.29 is 0 Å². The normalized spacial score (nSPS) is 11.1. The number of nitrogens with two attached hydrogens (primary N) is 1. The van der Waals surface area contributed by atoms with Crippen LogP contribution < -0.4 is 5.73 Å². The first-order valence-corrected chi connectivity index (χ1v) is 5.54. The number of benzene rings is 1. The molecule has 0 spiro atoms. The third-order valence-electron chi connectivity index (χ3n) is 3.06. The van der Waals surface area contributed by atoms with Crippen LogP contribution in [0.15, 0.2) is 24.3 Å². The van der Waals surface area contributed by atoms with Crippen molar-refractivity contribution in [3.63, 3.8) is 0 Å². The molecule has 1 aromatic carbocycles. The molecular formula is C13H18N2. The lowest BCUT2D eigenvalue weighted by atomic mass is 10.1. The fourth-order valence-corrected chi connectivity index (χ4v) is 2.17. The smallest absolute Gasteiger partial charge is 0.0482 e. The van der Waals surface area contributed by atoms with Crippen molar-refractivity contribution >= 4 is 10.9 Å². The minimum atomic E-state index is 0.714. The van der Waals surface area contributed by atoms with Crippen molar-refractivity contribution in [3.05, 3.63) is 35.5 Å². The van der Waals surface area contributed by atoms with Gasteiger partial charge in [-0.25, -0.2) is 0 Å². The first-order chi connectivity index (χ1) is 7.27. The summed E-state index contributed by atoms with van der Waals surface area (Å²) in [7, 11) is 2.12. The van der Waals surface area contributed by atoms with Crippen molar-refractivity contribution in [2.45, 2.75) is 19.8 Å². The van der Waals surface area contributed by atoms with E-state index in [0.717, 1.165) is 12.8 Å². The van der Waals surface area contributed by atoms with Gasteiger partial charge in [-0.2, -0.15) is 0 Å². The predicted molar refractivity (Wildman–Crippen MR) is 65.1 cm³/mol. The van der Waals surface area contributed by atoms with Crippen molar-refractivity contribution in [2.24, 2.45) is 12.8 Å². The van der Waals surface area contributed by atoms with E-state index in [2.05, 4.69) is 42.8 Å². The Morgan fingerprint density at radius 3 is 2.80 bits per heavy atom. The van der Waals surface area contributed by atoms with Gasteiger partial charge in [-0.1, -0.05) is 19.1 Å². The maximum Gasteiger partial charge on any atom is 0.0482 e. The monoisotopic (exact) mass is 202 g/mol. The summed E-state index contributed by atoms with van der Waals surface area (Å²) in [6.45, 7) is 2.91. The van der Waals surface area contributed by atoms with Gasteiger partial charge in [0.1, 0.15) is 0 Å². The molecule has 0 aliphatic carbocycles. The summed E-state index contributed by atoms with van der Waals surface area (Å²) in [6, 6.07) is 8.79. The zero-order valence-corrected chi connectivity index (χ0v) is 9.46. The summed E-state index contributed by atoms with van der Waals surface area (Å²) in [5, 5.41) is 1.38. The number of rotatable bonds is 3. The molecule has 0 unspecified atom stereocenters. The van der Waals surface area contributed by atoms with Gasteiger partial charge < -0.3 is 10.3 Å². The van der Waals surface area contributed by atoms with Gasteiger partial charge in [-0.3, -0.25) is 0 Å². The molecular weight excluding hydrogens is 184 g/mol. The summed E-state index contributed by atoms with van der Waals surface area (Å²) < 4.78 is 2.25. The van der Waals surface area contributed by atoms with E-state index in [-0.39, 0.29) is 0 Å². The van der Waals surface area contributed by atoms with Crippen LogP contribution in [0.25, 0.3) is 10.9 Å². The van der Waals surface area contributed by atoms with Crippen LogP contribution in [0.4, 0.5) is 0 Å². The average molecular weight is 202 g/mol. The van der Waals surface area contributed by atoms with Gasteiger partial charge in [0, 0.05) is 23.6 Å². The van der Waals surface area contributed by atoms with Crippen LogP contribution in [-0.4, -0.2) is 11.1 Å². The molecule has 0 bridgehead atoms. The molecule has 2 aromatic rings.